The predicted octanol–water partition coefficient (Wildman–Crippen LogP) is 2.92. The molecule has 0 radical (unpaired) electrons. The van der Waals surface area contributed by atoms with Gasteiger partial charge < -0.3 is 10.1 Å². The molecule has 2 nitrogen and oxygen atoms in total. The first-order valence-corrected chi connectivity index (χ1v) is 6.23. The monoisotopic (exact) mass is 269 g/mol. The fourth-order valence-electron chi connectivity index (χ4n) is 1.97. The molecule has 3 heteroatoms. The molecule has 1 aromatic carbocycles. The molecular formula is C12H16BrNO. The molecule has 0 spiro atoms. The summed E-state index contributed by atoms with van der Waals surface area (Å²) in [5.41, 5.74) is 1.34. The molecule has 1 atom stereocenters. The first kappa shape index (κ1) is 11.0. The highest BCUT2D eigenvalue weighted by molar-refractivity contribution is 9.10. The Hall–Kier alpha value is -0.540. The first-order valence-electron chi connectivity index (χ1n) is 5.44. The van der Waals surface area contributed by atoms with Gasteiger partial charge in [0.05, 0.1) is 6.61 Å². The van der Waals surface area contributed by atoms with Crippen molar-refractivity contribution in [3.05, 3.63) is 28.2 Å². The number of halogens is 1. The average Bonchev–Trinajstić information content (AvgIpc) is 2.25. The van der Waals surface area contributed by atoms with Crippen LogP contribution in [0.1, 0.15) is 24.8 Å². The lowest BCUT2D eigenvalue weighted by atomic mass is 9.93. The summed E-state index contributed by atoms with van der Waals surface area (Å²) in [5, 5.41) is 3.41. The van der Waals surface area contributed by atoms with Crippen LogP contribution in [0.15, 0.2) is 22.7 Å². The summed E-state index contributed by atoms with van der Waals surface area (Å²) in [4.78, 5) is 0. The summed E-state index contributed by atoms with van der Waals surface area (Å²) in [6.45, 7) is 5.05. The van der Waals surface area contributed by atoms with Gasteiger partial charge in [-0.2, -0.15) is 0 Å². The van der Waals surface area contributed by atoms with Crippen molar-refractivity contribution in [1.82, 2.24) is 5.32 Å². The van der Waals surface area contributed by atoms with Crippen LogP contribution < -0.4 is 10.1 Å². The largest absolute Gasteiger partial charge is 0.493 e. The van der Waals surface area contributed by atoms with E-state index in [1.165, 1.54) is 5.56 Å². The highest BCUT2D eigenvalue weighted by Gasteiger charge is 2.20. The number of likely N-dealkylation sites (N-methyl/N-ethyl adjacent to an activating group) is 1. The van der Waals surface area contributed by atoms with Crippen molar-refractivity contribution in [2.45, 2.75) is 19.3 Å². The van der Waals surface area contributed by atoms with E-state index in [0.29, 0.717) is 5.92 Å². The molecule has 0 aliphatic carbocycles. The molecule has 1 N–H and O–H groups in total. The fourth-order valence-corrected chi connectivity index (χ4v) is 2.31. The van der Waals surface area contributed by atoms with E-state index in [9.17, 15) is 0 Å². The maximum Gasteiger partial charge on any atom is 0.123 e. The second kappa shape index (κ2) is 4.99. The van der Waals surface area contributed by atoms with Gasteiger partial charge in [-0.3, -0.25) is 0 Å². The molecular weight excluding hydrogens is 254 g/mol. The Morgan fingerprint density at radius 1 is 1.53 bits per heavy atom. The number of nitrogens with one attached hydrogen (secondary N) is 1. The summed E-state index contributed by atoms with van der Waals surface area (Å²) in [6.07, 6.45) is 1.11. The molecule has 1 aliphatic rings. The summed E-state index contributed by atoms with van der Waals surface area (Å²) in [7, 11) is 0. The van der Waals surface area contributed by atoms with Gasteiger partial charge in [-0.05, 0) is 30.7 Å². The summed E-state index contributed by atoms with van der Waals surface area (Å²) in [5.74, 6) is 1.64. The molecule has 1 heterocycles. The number of hydrogen-bond donors (Lipinski definition) is 1. The Morgan fingerprint density at radius 3 is 3.20 bits per heavy atom. The molecule has 0 saturated carbocycles. The minimum Gasteiger partial charge on any atom is -0.493 e. The van der Waals surface area contributed by atoms with Crippen LogP contribution in [0.4, 0.5) is 0 Å². The zero-order valence-electron chi connectivity index (χ0n) is 8.92. The number of fused-ring (bicyclic) bond motifs is 1. The zero-order chi connectivity index (χ0) is 10.7. The van der Waals surface area contributed by atoms with Gasteiger partial charge in [-0.1, -0.05) is 28.9 Å². The van der Waals surface area contributed by atoms with Crippen molar-refractivity contribution in [3.63, 3.8) is 0 Å². The van der Waals surface area contributed by atoms with Gasteiger partial charge in [-0.25, -0.2) is 0 Å². The van der Waals surface area contributed by atoms with Crippen molar-refractivity contribution in [1.29, 1.82) is 0 Å². The molecule has 0 saturated heterocycles. The Balaban J connectivity index is 2.18. The molecule has 1 aliphatic heterocycles. The Morgan fingerprint density at radius 2 is 2.40 bits per heavy atom. The Bertz CT molecular complexity index is 340. The first-order chi connectivity index (χ1) is 7.31. The van der Waals surface area contributed by atoms with E-state index in [2.05, 4.69) is 46.4 Å². The van der Waals surface area contributed by atoms with Crippen molar-refractivity contribution < 1.29 is 4.74 Å². The highest BCUT2D eigenvalue weighted by Crippen LogP contribution is 2.35. The van der Waals surface area contributed by atoms with Gasteiger partial charge in [0.2, 0.25) is 0 Å². The molecule has 82 valence electrons. The third-order valence-corrected chi connectivity index (χ3v) is 3.27. The van der Waals surface area contributed by atoms with Crippen LogP contribution in [0.3, 0.4) is 0 Å². The lowest BCUT2D eigenvalue weighted by Gasteiger charge is -2.26. The summed E-state index contributed by atoms with van der Waals surface area (Å²) >= 11 is 3.47. The summed E-state index contributed by atoms with van der Waals surface area (Å²) in [6, 6.07) is 6.32. The molecule has 0 fully saturated rings. The van der Waals surface area contributed by atoms with Gasteiger partial charge >= 0.3 is 0 Å². The molecule has 15 heavy (non-hydrogen) atoms. The smallest absolute Gasteiger partial charge is 0.123 e. The standard InChI is InChI=1S/C12H16BrNO/c1-2-14-8-9-5-6-15-12-7-10(13)3-4-11(9)12/h3-4,7,9,14H,2,5-6,8H2,1H3. The maximum atomic E-state index is 5.66. The predicted molar refractivity (Wildman–Crippen MR) is 65.5 cm³/mol. The van der Waals surface area contributed by atoms with Crippen LogP contribution in [-0.2, 0) is 0 Å². The van der Waals surface area contributed by atoms with Gasteiger partial charge in [0.25, 0.3) is 0 Å². The summed E-state index contributed by atoms with van der Waals surface area (Å²) < 4.78 is 6.74. The number of rotatable bonds is 3. The Kier molecular flexibility index (Phi) is 3.65. The number of hydrogen-bond acceptors (Lipinski definition) is 2. The quantitative estimate of drug-likeness (QED) is 0.911. The van der Waals surface area contributed by atoms with E-state index >= 15 is 0 Å². The van der Waals surface area contributed by atoms with E-state index < -0.39 is 0 Å². The van der Waals surface area contributed by atoms with E-state index in [4.69, 9.17) is 4.74 Å². The van der Waals surface area contributed by atoms with Crippen LogP contribution in [0.5, 0.6) is 5.75 Å². The minimum atomic E-state index is 0.599. The van der Waals surface area contributed by atoms with Crippen LogP contribution in [0.25, 0.3) is 0 Å². The second-order valence-electron chi connectivity index (χ2n) is 3.82. The second-order valence-corrected chi connectivity index (χ2v) is 4.74. The van der Waals surface area contributed by atoms with Gasteiger partial charge in [0.1, 0.15) is 5.75 Å². The minimum absolute atomic E-state index is 0.599. The molecule has 0 amide bonds. The van der Waals surface area contributed by atoms with Gasteiger partial charge in [0, 0.05) is 16.9 Å². The molecule has 0 aromatic heterocycles. The normalized spacial score (nSPS) is 19.5. The molecule has 1 unspecified atom stereocenters. The van der Waals surface area contributed by atoms with Crippen LogP contribution in [0.2, 0.25) is 0 Å². The SMILES string of the molecule is CCNCC1CCOc2cc(Br)ccc21. The third kappa shape index (κ3) is 2.52. The lowest BCUT2D eigenvalue weighted by Crippen LogP contribution is -2.25. The van der Waals surface area contributed by atoms with Crippen LogP contribution >= 0.6 is 15.9 Å². The number of ether oxygens (including phenoxy) is 1. The van der Waals surface area contributed by atoms with Gasteiger partial charge in [-0.15, -0.1) is 0 Å². The van der Waals surface area contributed by atoms with Gasteiger partial charge in [0.15, 0.2) is 0 Å². The number of benzene rings is 1. The van der Waals surface area contributed by atoms with Crippen molar-refractivity contribution in [2.75, 3.05) is 19.7 Å². The topological polar surface area (TPSA) is 21.3 Å². The van der Waals surface area contributed by atoms with Crippen molar-refractivity contribution in [3.8, 4) is 5.75 Å². The van der Waals surface area contributed by atoms with Crippen molar-refractivity contribution >= 4 is 15.9 Å². The van der Waals surface area contributed by atoms with Crippen LogP contribution in [0, 0.1) is 0 Å². The molecule has 0 bridgehead atoms. The third-order valence-electron chi connectivity index (χ3n) is 2.78. The van der Waals surface area contributed by atoms with E-state index in [1.54, 1.807) is 0 Å². The Labute approximate surface area is 99.1 Å². The fraction of sp³-hybridized carbons (Fsp3) is 0.500. The molecule has 1 aromatic rings. The van der Waals surface area contributed by atoms with E-state index in [-0.39, 0.29) is 0 Å². The maximum absolute atomic E-state index is 5.66. The van der Waals surface area contributed by atoms with Crippen LogP contribution in [-0.4, -0.2) is 19.7 Å². The lowest BCUT2D eigenvalue weighted by molar-refractivity contribution is 0.265. The molecule has 2 rings (SSSR count). The van der Waals surface area contributed by atoms with E-state index in [1.807, 2.05) is 0 Å². The zero-order valence-corrected chi connectivity index (χ0v) is 10.5. The highest BCUT2D eigenvalue weighted by atomic mass is 79.9. The van der Waals surface area contributed by atoms with Crippen molar-refractivity contribution in [2.24, 2.45) is 0 Å². The van der Waals surface area contributed by atoms with E-state index in [0.717, 1.165) is 36.3 Å². The average molecular weight is 270 g/mol.